The second kappa shape index (κ2) is 4.44. The van der Waals surface area contributed by atoms with Crippen molar-refractivity contribution < 1.29 is 0 Å². The van der Waals surface area contributed by atoms with E-state index in [0.717, 1.165) is 15.9 Å². The van der Waals surface area contributed by atoms with Gasteiger partial charge in [0.05, 0.1) is 10.7 Å². The smallest absolute Gasteiger partial charge is 0.251 e. The Bertz CT molecular complexity index is 527. The largest absolute Gasteiger partial charge is 0.381 e. The van der Waals surface area contributed by atoms with E-state index in [1.54, 1.807) is 10.9 Å². The predicted octanol–water partition coefficient (Wildman–Crippen LogP) is 2.44. The average Bonchev–Trinajstić information content (AvgIpc) is 2.58. The highest BCUT2D eigenvalue weighted by molar-refractivity contribution is 9.10. The third-order valence-electron chi connectivity index (χ3n) is 2.35. The second-order valence-electron chi connectivity index (χ2n) is 4.20. The van der Waals surface area contributed by atoms with Gasteiger partial charge in [0, 0.05) is 11.4 Å². The molecule has 0 aliphatic carbocycles. The first-order valence-corrected chi connectivity index (χ1v) is 6.13. The minimum absolute atomic E-state index is 0.354. The van der Waals surface area contributed by atoms with Gasteiger partial charge in [-0.15, -0.1) is 5.10 Å². The lowest BCUT2D eigenvalue weighted by Crippen LogP contribution is -2.07. The summed E-state index contributed by atoms with van der Waals surface area (Å²) in [6.07, 6.45) is 1.76. The van der Waals surface area contributed by atoms with E-state index in [1.165, 1.54) is 0 Å². The van der Waals surface area contributed by atoms with Crippen LogP contribution in [0.1, 0.15) is 31.2 Å². The minimum Gasteiger partial charge on any atom is -0.381 e. The Morgan fingerprint density at radius 2 is 2.06 bits per heavy atom. The van der Waals surface area contributed by atoms with Gasteiger partial charge < -0.3 is 5.73 Å². The number of aryl methyl sites for hydroxylation is 1. The van der Waals surface area contributed by atoms with E-state index >= 15 is 0 Å². The summed E-state index contributed by atoms with van der Waals surface area (Å²) in [5, 5.41) is 4.14. The Morgan fingerprint density at radius 1 is 1.35 bits per heavy atom. The lowest BCUT2D eigenvalue weighted by Gasteiger charge is -2.07. The van der Waals surface area contributed by atoms with Gasteiger partial charge in [-0.3, -0.25) is 0 Å². The van der Waals surface area contributed by atoms with Crippen LogP contribution < -0.4 is 5.73 Å². The molecule has 2 aromatic heterocycles. The summed E-state index contributed by atoms with van der Waals surface area (Å²) in [6, 6.07) is 1.98. The summed E-state index contributed by atoms with van der Waals surface area (Å²) >= 11 is 3.32. The number of nitrogens with two attached hydrogens (primary N) is 1. The van der Waals surface area contributed by atoms with Gasteiger partial charge in [-0.25, -0.2) is 14.6 Å². The van der Waals surface area contributed by atoms with Crippen LogP contribution in [0.15, 0.2) is 16.7 Å². The Balaban J connectivity index is 2.51. The molecule has 0 aliphatic rings. The molecule has 17 heavy (non-hydrogen) atoms. The number of halogens is 1. The van der Waals surface area contributed by atoms with Crippen LogP contribution in [-0.4, -0.2) is 19.7 Å². The van der Waals surface area contributed by atoms with Gasteiger partial charge in [0.2, 0.25) is 0 Å². The van der Waals surface area contributed by atoms with E-state index in [-0.39, 0.29) is 0 Å². The van der Waals surface area contributed by atoms with Crippen LogP contribution in [0.3, 0.4) is 0 Å². The molecule has 2 rings (SSSR count). The molecule has 0 atom stereocenters. The van der Waals surface area contributed by atoms with E-state index in [9.17, 15) is 0 Å². The molecule has 0 saturated heterocycles. The highest BCUT2D eigenvalue weighted by Gasteiger charge is 2.10. The number of anilines is 1. The van der Waals surface area contributed by atoms with Crippen LogP contribution >= 0.6 is 15.9 Å². The lowest BCUT2D eigenvalue weighted by atomic mass is 10.1. The van der Waals surface area contributed by atoms with Crippen LogP contribution in [0.25, 0.3) is 5.95 Å². The molecular weight excluding hydrogens is 282 g/mol. The first-order valence-electron chi connectivity index (χ1n) is 5.34. The van der Waals surface area contributed by atoms with Crippen LogP contribution in [0.4, 0.5) is 5.82 Å². The van der Waals surface area contributed by atoms with Crippen molar-refractivity contribution >= 4 is 21.7 Å². The van der Waals surface area contributed by atoms with Crippen molar-refractivity contribution in [3.63, 3.8) is 0 Å². The fourth-order valence-electron chi connectivity index (χ4n) is 1.44. The van der Waals surface area contributed by atoms with Crippen molar-refractivity contribution in [3.8, 4) is 5.95 Å². The molecule has 2 aromatic rings. The van der Waals surface area contributed by atoms with Gasteiger partial charge in [0.25, 0.3) is 5.95 Å². The van der Waals surface area contributed by atoms with Crippen LogP contribution in [0, 0.1) is 6.92 Å². The summed E-state index contributed by atoms with van der Waals surface area (Å²) in [7, 11) is 0. The molecule has 0 bridgehead atoms. The molecule has 0 spiro atoms. The molecule has 5 nitrogen and oxygen atoms in total. The molecule has 0 saturated carbocycles. The molecule has 2 N–H and O–H groups in total. The van der Waals surface area contributed by atoms with Gasteiger partial charge in [-0.05, 0) is 34.8 Å². The zero-order valence-corrected chi connectivity index (χ0v) is 11.6. The molecule has 0 fully saturated rings. The molecule has 0 amide bonds. The SMILES string of the molecule is Cc1cc(C(C)C)nc(-n2cc(Br)c(N)n2)n1. The Kier molecular flexibility index (Phi) is 3.15. The number of hydrogen-bond acceptors (Lipinski definition) is 4. The van der Waals surface area contributed by atoms with E-state index < -0.39 is 0 Å². The summed E-state index contributed by atoms with van der Waals surface area (Å²) < 4.78 is 2.33. The second-order valence-corrected chi connectivity index (χ2v) is 5.05. The van der Waals surface area contributed by atoms with Crippen molar-refractivity contribution in [2.75, 3.05) is 5.73 Å². The van der Waals surface area contributed by atoms with Crippen molar-refractivity contribution in [1.29, 1.82) is 0 Å². The number of rotatable bonds is 2. The highest BCUT2D eigenvalue weighted by atomic mass is 79.9. The monoisotopic (exact) mass is 295 g/mol. The maximum Gasteiger partial charge on any atom is 0.251 e. The maximum absolute atomic E-state index is 5.68. The predicted molar refractivity (Wildman–Crippen MR) is 70.1 cm³/mol. The van der Waals surface area contributed by atoms with Gasteiger partial charge in [0.1, 0.15) is 0 Å². The summed E-state index contributed by atoms with van der Waals surface area (Å²) in [5.41, 5.74) is 7.60. The van der Waals surface area contributed by atoms with Gasteiger partial charge in [0.15, 0.2) is 5.82 Å². The number of nitrogens with zero attached hydrogens (tertiary/aromatic N) is 4. The third kappa shape index (κ3) is 2.46. The van der Waals surface area contributed by atoms with Crippen LogP contribution in [-0.2, 0) is 0 Å². The number of hydrogen-bond donors (Lipinski definition) is 1. The van der Waals surface area contributed by atoms with Gasteiger partial charge >= 0.3 is 0 Å². The Morgan fingerprint density at radius 3 is 2.59 bits per heavy atom. The van der Waals surface area contributed by atoms with Crippen LogP contribution in [0.5, 0.6) is 0 Å². The van der Waals surface area contributed by atoms with Crippen LogP contribution in [0.2, 0.25) is 0 Å². The third-order valence-corrected chi connectivity index (χ3v) is 2.97. The minimum atomic E-state index is 0.354. The normalized spacial score (nSPS) is 11.1. The quantitative estimate of drug-likeness (QED) is 0.924. The summed E-state index contributed by atoms with van der Waals surface area (Å²) in [4.78, 5) is 8.82. The molecule has 0 aromatic carbocycles. The molecule has 0 radical (unpaired) electrons. The summed E-state index contributed by atoms with van der Waals surface area (Å²) in [5.74, 6) is 1.33. The van der Waals surface area contributed by atoms with E-state index in [0.29, 0.717) is 17.7 Å². The van der Waals surface area contributed by atoms with Crippen molar-refractivity contribution in [2.45, 2.75) is 26.7 Å². The first-order chi connectivity index (χ1) is 7.97. The molecule has 90 valence electrons. The molecule has 6 heteroatoms. The number of nitrogen functional groups attached to an aromatic ring is 1. The maximum atomic E-state index is 5.68. The van der Waals surface area contributed by atoms with Crippen molar-refractivity contribution in [1.82, 2.24) is 19.7 Å². The Labute approximate surface area is 108 Å². The number of aromatic nitrogens is 4. The van der Waals surface area contributed by atoms with E-state index in [4.69, 9.17) is 5.73 Å². The van der Waals surface area contributed by atoms with E-state index in [1.807, 2.05) is 13.0 Å². The molecule has 0 unspecified atom stereocenters. The molecular formula is C11H14BrN5. The standard InChI is InChI=1S/C11H14BrN5/c1-6(2)9-4-7(3)14-11(15-9)17-5-8(12)10(13)16-17/h4-6H,1-3H3,(H2,13,16). The van der Waals surface area contributed by atoms with E-state index in [2.05, 4.69) is 44.8 Å². The molecule has 2 heterocycles. The Hall–Kier alpha value is -1.43. The average molecular weight is 296 g/mol. The summed E-state index contributed by atoms with van der Waals surface area (Å²) in [6.45, 7) is 6.14. The highest BCUT2D eigenvalue weighted by Crippen LogP contribution is 2.19. The zero-order valence-electron chi connectivity index (χ0n) is 9.98. The fourth-order valence-corrected chi connectivity index (χ4v) is 1.72. The fraction of sp³-hybridized carbons (Fsp3) is 0.364. The topological polar surface area (TPSA) is 69.6 Å². The van der Waals surface area contributed by atoms with Crippen molar-refractivity contribution in [2.24, 2.45) is 0 Å². The molecule has 0 aliphatic heterocycles. The zero-order chi connectivity index (χ0) is 12.6. The lowest BCUT2D eigenvalue weighted by molar-refractivity contribution is 0.752. The van der Waals surface area contributed by atoms with Gasteiger partial charge in [-0.2, -0.15) is 0 Å². The first kappa shape index (κ1) is 12.0. The van der Waals surface area contributed by atoms with Gasteiger partial charge in [-0.1, -0.05) is 13.8 Å². The van der Waals surface area contributed by atoms with Crippen molar-refractivity contribution in [3.05, 3.63) is 28.1 Å².